The van der Waals surface area contributed by atoms with Crippen molar-refractivity contribution in [3.05, 3.63) is 0 Å². The monoisotopic (exact) mass is 237 g/mol. The topological polar surface area (TPSA) is 80.0 Å². The highest BCUT2D eigenvalue weighted by molar-refractivity contribution is 6.60. The van der Waals surface area contributed by atoms with Gasteiger partial charge in [0.1, 0.15) is 0 Å². The Morgan fingerprint density at radius 3 is 1.73 bits per heavy atom. The van der Waals surface area contributed by atoms with Crippen LogP contribution in [0.25, 0.3) is 0 Å². The van der Waals surface area contributed by atoms with Crippen LogP contribution in [-0.2, 0) is 18.0 Å². The quantitative estimate of drug-likeness (QED) is 0.628. The summed E-state index contributed by atoms with van der Waals surface area (Å²) in [5, 5.41) is 0. The molecular formula is C8H19NO5Si. The molecule has 0 heterocycles. The summed E-state index contributed by atoms with van der Waals surface area (Å²) in [6.07, 6.45) is -0.899. The zero-order chi connectivity index (χ0) is 11.7. The van der Waals surface area contributed by atoms with Crippen molar-refractivity contribution in [2.45, 2.75) is 20.8 Å². The SMILES string of the molecule is CCO[Si](COC(N)=O)(OCC)OCC. The van der Waals surface area contributed by atoms with Gasteiger partial charge in [0, 0.05) is 19.8 Å². The summed E-state index contributed by atoms with van der Waals surface area (Å²) in [5.74, 6) is 0. The van der Waals surface area contributed by atoms with Gasteiger partial charge in [-0.15, -0.1) is 0 Å². The first kappa shape index (κ1) is 14.4. The van der Waals surface area contributed by atoms with Gasteiger partial charge in [0.25, 0.3) is 0 Å². The molecule has 0 aromatic heterocycles. The molecule has 0 aliphatic rings. The maximum Gasteiger partial charge on any atom is 0.540 e. The van der Waals surface area contributed by atoms with Gasteiger partial charge in [-0.1, -0.05) is 0 Å². The number of rotatable bonds is 8. The second-order valence-corrected chi connectivity index (χ2v) is 5.11. The summed E-state index contributed by atoms with van der Waals surface area (Å²) in [4.78, 5) is 10.5. The number of primary amides is 1. The minimum absolute atomic E-state index is 0.0438. The zero-order valence-electron chi connectivity index (χ0n) is 9.45. The van der Waals surface area contributed by atoms with Crippen molar-refractivity contribution in [2.75, 3.05) is 26.1 Å². The molecule has 0 aromatic carbocycles. The molecule has 15 heavy (non-hydrogen) atoms. The predicted molar refractivity (Wildman–Crippen MR) is 56.2 cm³/mol. The third-order valence-electron chi connectivity index (χ3n) is 1.48. The molecule has 0 atom stereocenters. The fraction of sp³-hybridized carbons (Fsp3) is 0.875. The van der Waals surface area contributed by atoms with Gasteiger partial charge >= 0.3 is 14.9 Å². The van der Waals surface area contributed by atoms with Crippen molar-refractivity contribution in [3.63, 3.8) is 0 Å². The van der Waals surface area contributed by atoms with Crippen molar-refractivity contribution >= 4 is 14.9 Å². The molecule has 2 N–H and O–H groups in total. The molecule has 0 bridgehead atoms. The standard InChI is InChI=1S/C8H19NO5Si/c1-4-12-15(13-5-2,14-6-3)7-11-8(9)10/h4-7H2,1-3H3,(H2,9,10). The van der Waals surface area contributed by atoms with Crippen molar-refractivity contribution in [1.29, 1.82) is 0 Å². The second-order valence-electron chi connectivity index (χ2n) is 2.59. The predicted octanol–water partition coefficient (Wildman–Crippen LogP) is 0.669. The summed E-state index contributed by atoms with van der Waals surface area (Å²) in [6.45, 7) is 6.79. The molecule has 0 saturated carbocycles. The molecule has 1 amide bonds. The minimum Gasteiger partial charge on any atom is -0.445 e. The van der Waals surface area contributed by atoms with Crippen LogP contribution in [0.5, 0.6) is 0 Å². The third kappa shape index (κ3) is 5.73. The van der Waals surface area contributed by atoms with Gasteiger partial charge in [0.05, 0.1) is 0 Å². The van der Waals surface area contributed by atoms with Crippen molar-refractivity contribution in [1.82, 2.24) is 0 Å². The van der Waals surface area contributed by atoms with E-state index in [1.165, 1.54) is 0 Å². The number of hydrogen-bond donors (Lipinski definition) is 1. The zero-order valence-corrected chi connectivity index (χ0v) is 10.4. The van der Waals surface area contributed by atoms with Gasteiger partial charge in [-0.3, -0.25) is 0 Å². The first-order valence-corrected chi connectivity index (χ1v) is 6.87. The first-order valence-electron chi connectivity index (χ1n) is 4.94. The van der Waals surface area contributed by atoms with Gasteiger partial charge in [-0.25, -0.2) is 4.79 Å². The number of hydrogen-bond acceptors (Lipinski definition) is 5. The Morgan fingerprint density at radius 1 is 1.07 bits per heavy atom. The molecule has 0 aliphatic heterocycles. The van der Waals surface area contributed by atoms with Crippen LogP contribution in [0.1, 0.15) is 20.8 Å². The van der Waals surface area contributed by atoms with Crippen molar-refractivity contribution in [2.24, 2.45) is 5.73 Å². The third-order valence-corrected chi connectivity index (χ3v) is 4.17. The average Bonchev–Trinajstić information content (AvgIpc) is 2.16. The summed E-state index contributed by atoms with van der Waals surface area (Å²) < 4.78 is 21.0. The fourth-order valence-corrected chi connectivity index (χ4v) is 3.21. The summed E-state index contributed by atoms with van der Waals surface area (Å²) in [5.41, 5.74) is 4.88. The van der Waals surface area contributed by atoms with Crippen molar-refractivity contribution in [3.8, 4) is 0 Å². The Hall–Kier alpha value is -0.633. The van der Waals surface area contributed by atoms with E-state index in [1.54, 1.807) is 0 Å². The first-order chi connectivity index (χ1) is 7.10. The highest BCUT2D eigenvalue weighted by atomic mass is 28.4. The van der Waals surface area contributed by atoms with Crippen LogP contribution in [-0.4, -0.2) is 40.9 Å². The van der Waals surface area contributed by atoms with Gasteiger partial charge in [0.15, 0.2) is 6.23 Å². The van der Waals surface area contributed by atoms with E-state index in [1.807, 2.05) is 20.8 Å². The van der Waals surface area contributed by atoms with Crippen LogP contribution >= 0.6 is 0 Å². The summed E-state index contributed by atoms with van der Waals surface area (Å²) in [6, 6.07) is 0. The maximum absolute atomic E-state index is 10.5. The molecule has 7 heteroatoms. The van der Waals surface area contributed by atoms with Gasteiger partial charge in [-0.05, 0) is 20.8 Å². The minimum atomic E-state index is -2.88. The highest BCUT2D eigenvalue weighted by Crippen LogP contribution is 2.10. The van der Waals surface area contributed by atoms with E-state index >= 15 is 0 Å². The molecule has 0 fully saturated rings. The molecule has 0 spiro atoms. The van der Waals surface area contributed by atoms with Crippen molar-refractivity contribution < 1.29 is 22.8 Å². The molecule has 0 unspecified atom stereocenters. The molecule has 6 nitrogen and oxygen atoms in total. The Labute approximate surface area is 91.0 Å². The van der Waals surface area contributed by atoms with E-state index in [0.29, 0.717) is 19.8 Å². The van der Waals surface area contributed by atoms with E-state index in [2.05, 4.69) is 0 Å². The Kier molecular flexibility index (Phi) is 7.31. The number of nitrogens with two attached hydrogens (primary N) is 1. The fourth-order valence-electron chi connectivity index (χ4n) is 1.07. The van der Waals surface area contributed by atoms with E-state index in [-0.39, 0.29) is 6.23 Å². The van der Waals surface area contributed by atoms with Crippen LogP contribution in [0, 0.1) is 0 Å². The average molecular weight is 237 g/mol. The molecule has 0 rings (SSSR count). The number of carbonyl (C=O) groups excluding carboxylic acids is 1. The van der Waals surface area contributed by atoms with E-state index in [4.69, 9.17) is 23.7 Å². The Bertz CT molecular complexity index is 173. The molecule has 0 aromatic rings. The van der Waals surface area contributed by atoms with Gasteiger partial charge < -0.3 is 23.7 Å². The molecule has 90 valence electrons. The number of amides is 1. The molecular weight excluding hydrogens is 218 g/mol. The Balaban J connectivity index is 4.37. The highest BCUT2D eigenvalue weighted by Gasteiger charge is 2.42. The number of carbonyl (C=O) groups is 1. The lowest BCUT2D eigenvalue weighted by molar-refractivity contribution is 0.0450. The molecule has 0 saturated heterocycles. The molecule has 0 radical (unpaired) electrons. The largest absolute Gasteiger partial charge is 0.540 e. The Morgan fingerprint density at radius 2 is 1.47 bits per heavy atom. The molecule has 0 aliphatic carbocycles. The summed E-state index contributed by atoms with van der Waals surface area (Å²) >= 11 is 0. The lowest BCUT2D eigenvalue weighted by Crippen LogP contribution is -2.51. The van der Waals surface area contributed by atoms with Crippen LogP contribution in [0.15, 0.2) is 0 Å². The number of ether oxygens (including phenoxy) is 1. The van der Waals surface area contributed by atoms with Gasteiger partial charge in [-0.2, -0.15) is 0 Å². The van der Waals surface area contributed by atoms with Crippen LogP contribution in [0.4, 0.5) is 4.79 Å². The van der Waals surface area contributed by atoms with E-state index in [0.717, 1.165) is 0 Å². The lowest BCUT2D eigenvalue weighted by atomic mass is 10.9. The smallest absolute Gasteiger partial charge is 0.445 e. The van der Waals surface area contributed by atoms with E-state index in [9.17, 15) is 4.79 Å². The normalized spacial score (nSPS) is 11.4. The maximum atomic E-state index is 10.5. The van der Waals surface area contributed by atoms with Crippen LogP contribution in [0.3, 0.4) is 0 Å². The summed E-state index contributed by atoms with van der Waals surface area (Å²) in [7, 11) is -2.88. The second kappa shape index (κ2) is 7.63. The van der Waals surface area contributed by atoms with Gasteiger partial charge in [0.2, 0.25) is 0 Å². The van der Waals surface area contributed by atoms with Crippen LogP contribution < -0.4 is 5.73 Å². The van der Waals surface area contributed by atoms with Crippen LogP contribution in [0.2, 0.25) is 0 Å². The lowest BCUT2D eigenvalue weighted by Gasteiger charge is -2.27. The van der Waals surface area contributed by atoms with E-state index < -0.39 is 14.9 Å².